The SMILES string of the molecule is N=Cc1c(=O)[nH]c(OCc2c(F)cccc2C(F)(F)F)c2cc(F)ccc12. The van der Waals surface area contributed by atoms with Gasteiger partial charge in [0.05, 0.1) is 11.1 Å². The van der Waals surface area contributed by atoms with E-state index in [-0.39, 0.29) is 22.2 Å². The minimum absolute atomic E-state index is 0.0398. The highest BCUT2D eigenvalue weighted by atomic mass is 19.4. The predicted molar refractivity (Wildman–Crippen MR) is 88.1 cm³/mol. The molecular formula is C18H11F5N2O2. The van der Waals surface area contributed by atoms with Gasteiger partial charge in [-0.15, -0.1) is 0 Å². The highest BCUT2D eigenvalue weighted by molar-refractivity contribution is 6.00. The van der Waals surface area contributed by atoms with Gasteiger partial charge in [-0.25, -0.2) is 8.78 Å². The van der Waals surface area contributed by atoms with Crippen LogP contribution in [-0.2, 0) is 12.8 Å². The first-order valence-corrected chi connectivity index (χ1v) is 7.55. The lowest BCUT2D eigenvalue weighted by molar-refractivity contribution is -0.138. The van der Waals surface area contributed by atoms with Gasteiger partial charge in [-0.2, -0.15) is 13.2 Å². The molecule has 0 atom stereocenters. The van der Waals surface area contributed by atoms with Crippen molar-refractivity contribution in [2.24, 2.45) is 0 Å². The Kier molecular flexibility index (Phi) is 4.69. The fraction of sp³-hybridized carbons (Fsp3) is 0.111. The number of alkyl halides is 3. The Morgan fingerprint density at radius 2 is 1.85 bits per heavy atom. The van der Waals surface area contributed by atoms with Crippen LogP contribution in [0.15, 0.2) is 41.2 Å². The standard InChI is InChI=1S/C18H11F5N2O2/c19-9-4-5-10-11(6-9)17(25-16(26)12(10)7-24)27-8-13-14(18(21,22)23)2-1-3-15(13)20/h1-7,24H,8H2,(H,25,26). The molecule has 1 heterocycles. The molecule has 3 rings (SSSR count). The second kappa shape index (κ2) is 6.82. The highest BCUT2D eigenvalue weighted by Gasteiger charge is 2.34. The van der Waals surface area contributed by atoms with Gasteiger partial charge in [0.15, 0.2) is 0 Å². The molecular weight excluding hydrogens is 371 g/mol. The molecule has 0 spiro atoms. The maximum absolute atomic E-state index is 13.9. The second-order valence-corrected chi connectivity index (χ2v) is 5.58. The van der Waals surface area contributed by atoms with Gasteiger partial charge in [-0.05, 0) is 24.3 Å². The normalized spacial score (nSPS) is 11.6. The van der Waals surface area contributed by atoms with Crippen LogP contribution < -0.4 is 10.3 Å². The molecule has 0 fully saturated rings. The highest BCUT2D eigenvalue weighted by Crippen LogP contribution is 2.34. The zero-order valence-electron chi connectivity index (χ0n) is 13.5. The van der Waals surface area contributed by atoms with Gasteiger partial charge >= 0.3 is 6.18 Å². The zero-order valence-corrected chi connectivity index (χ0v) is 13.5. The molecule has 3 aromatic rings. The Morgan fingerprint density at radius 1 is 1.11 bits per heavy atom. The number of pyridine rings is 1. The molecule has 27 heavy (non-hydrogen) atoms. The van der Waals surface area contributed by atoms with Crippen molar-refractivity contribution in [3.8, 4) is 5.88 Å². The van der Waals surface area contributed by atoms with Crippen molar-refractivity contribution in [3.63, 3.8) is 0 Å². The van der Waals surface area contributed by atoms with Gasteiger partial charge in [0.2, 0.25) is 5.88 Å². The molecule has 0 aliphatic rings. The van der Waals surface area contributed by atoms with E-state index in [1.165, 1.54) is 6.07 Å². The molecule has 0 radical (unpaired) electrons. The number of ether oxygens (including phenoxy) is 1. The summed E-state index contributed by atoms with van der Waals surface area (Å²) < 4.78 is 71.9. The Hall–Kier alpha value is -3.23. The van der Waals surface area contributed by atoms with Crippen molar-refractivity contribution in [1.29, 1.82) is 5.41 Å². The number of aromatic nitrogens is 1. The van der Waals surface area contributed by atoms with Crippen molar-refractivity contribution in [2.75, 3.05) is 0 Å². The molecule has 140 valence electrons. The average Bonchev–Trinajstić information content (AvgIpc) is 2.60. The summed E-state index contributed by atoms with van der Waals surface area (Å²) in [7, 11) is 0. The molecule has 0 saturated heterocycles. The van der Waals surface area contributed by atoms with E-state index < -0.39 is 41.1 Å². The van der Waals surface area contributed by atoms with Crippen LogP contribution in [0, 0.1) is 17.0 Å². The van der Waals surface area contributed by atoms with E-state index in [1.54, 1.807) is 0 Å². The summed E-state index contributed by atoms with van der Waals surface area (Å²) in [6.07, 6.45) is -4.03. The summed E-state index contributed by atoms with van der Waals surface area (Å²) in [5, 5.41) is 7.51. The van der Waals surface area contributed by atoms with Crippen LogP contribution in [-0.4, -0.2) is 11.2 Å². The number of H-pyrrole nitrogens is 1. The van der Waals surface area contributed by atoms with Gasteiger partial charge in [0.1, 0.15) is 18.2 Å². The van der Waals surface area contributed by atoms with Crippen LogP contribution in [0.1, 0.15) is 16.7 Å². The summed E-state index contributed by atoms with van der Waals surface area (Å²) in [6.45, 7) is -0.840. The minimum atomic E-state index is -4.80. The largest absolute Gasteiger partial charge is 0.473 e. The van der Waals surface area contributed by atoms with Crippen molar-refractivity contribution in [2.45, 2.75) is 12.8 Å². The Morgan fingerprint density at radius 3 is 2.52 bits per heavy atom. The fourth-order valence-electron chi connectivity index (χ4n) is 2.67. The first kappa shape index (κ1) is 18.6. The number of hydrogen-bond donors (Lipinski definition) is 2. The zero-order chi connectivity index (χ0) is 19.8. The third-order valence-electron chi connectivity index (χ3n) is 3.92. The smallest absolute Gasteiger partial charge is 0.416 e. The third-order valence-corrected chi connectivity index (χ3v) is 3.92. The van der Waals surface area contributed by atoms with Crippen molar-refractivity contribution >= 4 is 17.0 Å². The van der Waals surface area contributed by atoms with E-state index in [4.69, 9.17) is 10.1 Å². The van der Waals surface area contributed by atoms with Crippen LogP contribution in [0.5, 0.6) is 5.88 Å². The van der Waals surface area contributed by atoms with Crippen molar-refractivity contribution < 1.29 is 26.7 Å². The summed E-state index contributed by atoms with van der Waals surface area (Å²) in [5.41, 5.74) is -2.77. The molecule has 4 nitrogen and oxygen atoms in total. The van der Waals surface area contributed by atoms with E-state index >= 15 is 0 Å². The lowest BCUT2D eigenvalue weighted by Crippen LogP contribution is -2.16. The van der Waals surface area contributed by atoms with Gasteiger partial charge in [-0.3, -0.25) is 9.78 Å². The average molecular weight is 382 g/mol. The number of hydrogen-bond acceptors (Lipinski definition) is 3. The second-order valence-electron chi connectivity index (χ2n) is 5.58. The maximum Gasteiger partial charge on any atom is 0.416 e. The Bertz CT molecular complexity index is 1090. The molecule has 0 bridgehead atoms. The van der Waals surface area contributed by atoms with Gasteiger partial charge in [-0.1, -0.05) is 12.1 Å². The van der Waals surface area contributed by atoms with Crippen LogP contribution in [0.25, 0.3) is 10.8 Å². The lowest BCUT2D eigenvalue weighted by Gasteiger charge is -2.15. The Labute approximate surface area is 148 Å². The molecule has 0 amide bonds. The van der Waals surface area contributed by atoms with Crippen LogP contribution in [0.2, 0.25) is 0 Å². The van der Waals surface area contributed by atoms with E-state index in [9.17, 15) is 26.7 Å². The van der Waals surface area contributed by atoms with E-state index in [2.05, 4.69) is 4.98 Å². The number of aromatic amines is 1. The third kappa shape index (κ3) is 3.53. The van der Waals surface area contributed by atoms with Crippen LogP contribution >= 0.6 is 0 Å². The Balaban J connectivity index is 2.09. The summed E-state index contributed by atoms with van der Waals surface area (Å²) in [4.78, 5) is 14.3. The summed E-state index contributed by atoms with van der Waals surface area (Å²) >= 11 is 0. The first-order chi connectivity index (χ1) is 12.7. The summed E-state index contributed by atoms with van der Waals surface area (Å²) in [6, 6.07) is 5.80. The number of rotatable bonds is 4. The molecule has 9 heteroatoms. The van der Waals surface area contributed by atoms with Gasteiger partial charge < -0.3 is 10.1 Å². The fourth-order valence-corrected chi connectivity index (χ4v) is 2.67. The molecule has 0 aliphatic heterocycles. The maximum atomic E-state index is 13.9. The first-order valence-electron chi connectivity index (χ1n) is 7.55. The minimum Gasteiger partial charge on any atom is -0.473 e. The van der Waals surface area contributed by atoms with E-state index in [0.717, 1.165) is 30.5 Å². The molecule has 0 unspecified atom stereocenters. The molecule has 0 aliphatic carbocycles. The number of halogens is 5. The predicted octanol–water partition coefficient (Wildman–Crippen LogP) is 4.40. The summed E-state index contributed by atoms with van der Waals surface area (Å²) in [5.74, 6) is -2.13. The number of benzene rings is 2. The molecule has 2 N–H and O–H groups in total. The molecule has 0 saturated carbocycles. The number of fused-ring (bicyclic) bond motifs is 1. The quantitative estimate of drug-likeness (QED) is 0.519. The van der Waals surface area contributed by atoms with Crippen molar-refractivity contribution in [3.05, 3.63) is 75.1 Å². The molecule has 1 aromatic heterocycles. The van der Waals surface area contributed by atoms with Crippen LogP contribution in [0.4, 0.5) is 22.0 Å². The topological polar surface area (TPSA) is 65.9 Å². The van der Waals surface area contributed by atoms with Gasteiger partial charge in [0, 0.05) is 22.6 Å². The van der Waals surface area contributed by atoms with Gasteiger partial charge in [0.25, 0.3) is 5.56 Å². The lowest BCUT2D eigenvalue weighted by atomic mass is 10.1. The van der Waals surface area contributed by atoms with Crippen molar-refractivity contribution in [1.82, 2.24) is 4.98 Å². The molecule has 2 aromatic carbocycles. The van der Waals surface area contributed by atoms with Crippen LogP contribution in [0.3, 0.4) is 0 Å². The van der Waals surface area contributed by atoms with E-state index in [0.29, 0.717) is 6.07 Å². The monoisotopic (exact) mass is 382 g/mol. The van der Waals surface area contributed by atoms with E-state index in [1.807, 2.05) is 0 Å². The number of nitrogens with one attached hydrogen (secondary N) is 2.